The molecule has 6 rings (SSSR count). The topological polar surface area (TPSA) is 103 Å². The number of nitrogens with zero attached hydrogens (tertiary/aromatic N) is 6. The molecule has 0 saturated heterocycles. The molecule has 1 aliphatic carbocycles. The standard InChI is InChI=1S/C30H23Cl2N7O2/c1-19-34-18-30(39(40)41)37(19)15-14-33-25-17-29-27(16-26(25)35-22-10-6-20(31)7-11-22)36-24-4-2-3-5-28(24)38(29)23-12-8-21(32)9-13-23/h2-13,16-18,35H,14-15H2,1H3. The lowest BCUT2D eigenvalue weighted by atomic mass is 10.1. The number of halogens is 2. The Bertz CT molecular complexity index is 1930. The monoisotopic (exact) mass is 583 g/mol. The molecule has 2 heterocycles. The van der Waals surface area contributed by atoms with Crippen molar-refractivity contribution in [3.8, 4) is 17.1 Å². The Labute approximate surface area is 244 Å². The summed E-state index contributed by atoms with van der Waals surface area (Å²) >= 11 is 12.3. The molecule has 3 aromatic carbocycles. The van der Waals surface area contributed by atoms with Gasteiger partial charge in [0.2, 0.25) is 0 Å². The highest BCUT2D eigenvalue weighted by atomic mass is 35.5. The highest BCUT2D eigenvalue weighted by Gasteiger charge is 2.18. The lowest BCUT2D eigenvalue weighted by Crippen LogP contribution is -2.16. The number of para-hydroxylation sites is 2. The molecule has 2 aliphatic rings. The minimum atomic E-state index is -0.435. The predicted molar refractivity (Wildman–Crippen MR) is 161 cm³/mol. The molecule has 0 atom stereocenters. The second-order valence-electron chi connectivity index (χ2n) is 9.36. The van der Waals surface area contributed by atoms with Crippen LogP contribution in [-0.4, -0.2) is 30.6 Å². The van der Waals surface area contributed by atoms with Crippen molar-refractivity contribution in [3.63, 3.8) is 0 Å². The molecule has 0 radical (unpaired) electrons. The van der Waals surface area contributed by atoms with Crippen molar-refractivity contribution in [2.45, 2.75) is 13.5 Å². The van der Waals surface area contributed by atoms with Crippen LogP contribution in [0.5, 0.6) is 0 Å². The second kappa shape index (κ2) is 11.0. The third-order valence-corrected chi connectivity index (χ3v) is 7.24. The molecule has 4 aromatic rings. The van der Waals surface area contributed by atoms with E-state index in [0.29, 0.717) is 34.3 Å². The van der Waals surface area contributed by atoms with E-state index in [1.807, 2.05) is 84.9 Å². The first kappa shape index (κ1) is 26.5. The van der Waals surface area contributed by atoms with E-state index in [1.165, 1.54) is 6.20 Å². The molecule has 0 saturated carbocycles. The molecule has 41 heavy (non-hydrogen) atoms. The summed E-state index contributed by atoms with van der Waals surface area (Å²) in [5, 5.41) is 16.9. The number of hydrogen-bond donors (Lipinski definition) is 1. The van der Waals surface area contributed by atoms with E-state index < -0.39 is 4.92 Å². The number of imidazole rings is 1. The van der Waals surface area contributed by atoms with Gasteiger partial charge in [-0.3, -0.25) is 4.99 Å². The van der Waals surface area contributed by atoms with Crippen molar-refractivity contribution in [3.05, 3.63) is 122 Å². The van der Waals surface area contributed by atoms with E-state index in [2.05, 4.69) is 14.9 Å². The van der Waals surface area contributed by atoms with Gasteiger partial charge in [-0.15, -0.1) is 0 Å². The maximum absolute atomic E-state index is 11.5. The van der Waals surface area contributed by atoms with Crippen molar-refractivity contribution < 1.29 is 4.92 Å². The normalized spacial score (nSPS) is 11.8. The third-order valence-electron chi connectivity index (χ3n) is 6.73. The summed E-state index contributed by atoms with van der Waals surface area (Å²) in [5.41, 5.74) is 5.86. The van der Waals surface area contributed by atoms with Crippen LogP contribution in [0, 0.1) is 17.0 Å². The zero-order valence-electron chi connectivity index (χ0n) is 21.8. The van der Waals surface area contributed by atoms with E-state index in [-0.39, 0.29) is 5.82 Å². The van der Waals surface area contributed by atoms with Crippen LogP contribution in [-0.2, 0) is 6.54 Å². The first-order chi connectivity index (χ1) is 19.9. The minimum Gasteiger partial charge on any atom is -0.358 e. The van der Waals surface area contributed by atoms with Gasteiger partial charge in [-0.05, 0) is 77.7 Å². The molecule has 204 valence electrons. The van der Waals surface area contributed by atoms with Crippen molar-refractivity contribution >= 4 is 51.4 Å². The second-order valence-corrected chi connectivity index (χ2v) is 10.2. The zero-order chi connectivity index (χ0) is 28.5. The smallest absolute Gasteiger partial charge is 0.342 e. The van der Waals surface area contributed by atoms with E-state index in [4.69, 9.17) is 33.2 Å². The molecule has 11 heteroatoms. The number of hydrogen-bond acceptors (Lipinski definition) is 6. The number of benzene rings is 4. The molecule has 1 N–H and O–H groups in total. The Morgan fingerprint density at radius 2 is 1.68 bits per heavy atom. The average molecular weight is 584 g/mol. The van der Waals surface area contributed by atoms with Gasteiger partial charge < -0.3 is 20.0 Å². The number of nitrogens with one attached hydrogen (secondary N) is 1. The summed E-state index contributed by atoms with van der Waals surface area (Å²) in [6.07, 6.45) is 1.27. The van der Waals surface area contributed by atoms with Gasteiger partial charge in [0.05, 0.1) is 40.0 Å². The van der Waals surface area contributed by atoms with Crippen molar-refractivity contribution in [1.29, 1.82) is 0 Å². The van der Waals surface area contributed by atoms with E-state index in [9.17, 15) is 10.1 Å². The molecule has 0 unspecified atom stereocenters. The molecular formula is C30H23Cl2N7O2. The number of rotatable bonds is 7. The van der Waals surface area contributed by atoms with E-state index >= 15 is 0 Å². The number of aromatic nitrogens is 4. The summed E-state index contributed by atoms with van der Waals surface area (Å²) in [5.74, 6) is 0.494. The van der Waals surface area contributed by atoms with Crippen molar-refractivity contribution in [2.24, 2.45) is 4.99 Å². The fourth-order valence-electron chi connectivity index (χ4n) is 4.78. The maximum Gasteiger partial charge on any atom is 0.342 e. The molecule has 1 aromatic heterocycles. The summed E-state index contributed by atoms with van der Waals surface area (Å²) in [6, 6.07) is 26.9. The molecule has 1 aliphatic heterocycles. The van der Waals surface area contributed by atoms with Gasteiger partial charge in [-0.25, -0.2) is 14.5 Å². The van der Waals surface area contributed by atoms with Gasteiger partial charge in [0, 0.05) is 28.3 Å². The Kier molecular flexibility index (Phi) is 7.13. The largest absolute Gasteiger partial charge is 0.358 e. The molecule has 0 bridgehead atoms. The van der Waals surface area contributed by atoms with Gasteiger partial charge in [0.15, 0.2) is 5.82 Å². The van der Waals surface area contributed by atoms with Crippen molar-refractivity contribution in [2.75, 3.05) is 11.9 Å². The Balaban J connectivity index is 1.54. The predicted octanol–water partition coefficient (Wildman–Crippen LogP) is 7.19. The molecule has 9 nitrogen and oxygen atoms in total. The Hall–Kier alpha value is -4.73. The van der Waals surface area contributed by atoms with E-state index in [1.54, 1.807) is 11.5 Å². The Morgan fingerprint density at radius 1 is 0.976 bits per heavy atom. The lowest BCUT2D eigenvalue weighted by Gasteiger charge is -2.20. The van der Waals surface area contributed by atoms with Crippen LogP contribution >= 0.6 is 23.2 Å². The number of nitro groups is 1. The summed E-state index contributed by atoms with van der Waals surface area (Å²) in [7, 11) is 0. The molecular weight excluding hydrogens is 561 g/mol. The maximum atomic E-state index is 11.5. The molecule has 0 spiro atoms. The lowest BCUT2D eigenvalue weighted by molar-refractivity contribution is -0.392. The average Bonchev–Trinajstić information content (AvgIpc) is 3.34. The number of fused-ring (bicyclic) bond motifs is 2. The SMILES string of the molecule is Cc1ncc([N+](=O)[O-])n1CCN=c1cc2n(-c3ccc(Cl)cc3)c3ccccc3nc-2cc1Nc1ccc(Cl)cc1. The molecule has 0 amide bonds. The summed E-state index contributed by atoms with van der Waals surface area (Å²) in [4.78, 5) is 25.0. The van der Waals surface area contributed by atoms with Gasteiger partial charge >= 0.3 is 5.82 Å². The minimum absolute atomic E-state index is 0.0630. The van der Waals surface area contributed by atoms with Crippen LogP contribution in [0.1, 0.15) is 5.82 Å². The highest BCUT2D eigenvalue weighted by molar-refractivity contribution is 6.30. The van der Waals surface area contributed by atoms with Crippen LogP contribution < -0.4 is 10.7 Å². The summed E-state index contributed by atoms with van der Waals surface area (Å²) < 4.78 is 3.68. The number of aryl methyl sites for hydroxylation is 1. The quantitative estimate of drug-likeness (QED) is 0.122. The van der Waals surface area contributed by atoms with Crippen LogP contribution in [0.4, 0.5) is 17.2 Å². The van der Waals surface area contributed by atoms with Gasteiger partial charge in [-0.1, -0.05) is 35.3 Å². The Morgan fingerprint density at radius 3 is 2.41 bits per heavy atom. The third kappa shape index (κ3) is 5.37. The van der Waals surface area contributed by atoms with Crippen LogP contribution in [0.3, 0.4) is 0 Å². The van der Waals surface area contributed by atoms with E-state index in [0.717, 1.165) is 39.5 Å². The van der Waals surface area contributed by atoms with Crippen LogP contribution in [0.2, 0.25) is 10.0 Å². The molecule has 0 fully saturated rings. The zero-order valence-corrected chi connectivity index (χ0v) is 23.3. The fourth-order valence-corrected chi connectivity index (χ4v) is 5.03. The number of anilines is 2. The van der Waals surface area contributed by atoms with Crippen LogP contribution in [0.25, 0.3) is 28.1 Å². The van der Waals surface area contributed by atoms with Crippen molar-refractivity contribution in [1.82, 2.24) is 19.1 Å². The first-order valence-corrected chi connectivity index (χ1v) is 13.5. The summed E-state index contributed by atoms with van der Waals surface area (Å²) in [6.45, 7) is 2.33. The van der Waals surface area contributed by atoms with Gasteiger partial charge in [0.1, 0.15) is 12.7 Å². The first-order valence-electron chi connectivity index (χ1n) is 12.8. The van der Waals surface area contributed by atoms with Gasteiger partial charge in [0.25, 0.3) is 0 Å². The van der Waals surface area contributed by atoms with Gasteiger partial charge in [-0.2, -0.15) is 0 Å². The highest BCUT2D eigenvalue weighted by Crippen LogP contribution is 2.31. The van der Waals surface area contributed by atoms with Crippen LogP contribution in [0.15, 0.2) is 96.1 Å². The fraction of sp³-hybridized carbons (Fsp3) is 0.100.